The maximum absolute atomic E-state index is 16.0. The minimum atomic E-state index is -0.328. The third-order valence-electron chi connectivity index (χ3n) is 6.75. The van der Waals surface area contributed by atoms with E-state index in [-0.39, 0.29) is 17.1 Å². The Morgan fingerprint density at radius 1 is 1.19 bits per heavy atom. The molecule has 4 rings (SSSR count). The minimum absolute atomic E-state index is 0.239. The van der Waals surface area contributed by atoms with Crippen LogP contribution in [-0.4, -0.2) is 35.9 Å². The molecule has 2 aromatic heterocycles. The summed E-state index contributed by atoms with van der Waals surface area (Å²) >= 11 is 0. The number of ether oxygens (including phenoxy) is 1. The Labute approximate surface area is 212 Å². The molecular weight excluding hydrogens is 455 g/mol. The van der Waals surface area contributed by atoms with Crippen molar-refractivity contribution in [1.82, 2.24) is 9.55 Å². The summed E-state index contributed by atoms with van der Waals surface area (Å²) in [7, 11) is 1.67. The van der Waals surface area contributed by atoms with E-state index in [0.717, 1.165) is 49.2 Å². The van der Waals surface area contributed by atoms with Gasteiger partial charge in [0, 0.05) is 31.1 Å². The summed E-state index contributed by atoms with van der Waals surface area (Å²) in [4.78, 5) is 19.8. The second-order valence-electron chi connectivity index (χ2n) is 9.15. The standard InChI is InChI=1S/C29H35FN4O2/c1-5-7-8-9-22(20(3)6-2)23-11-12-26-24(28(23)30)18-25(29(35)33(26)4)32-27-13-10-21(19-31-27)34-14-16-36-17-15-34/h8-13,18-19H,5-7,14-17H2,1-4H3,(H,31,32)/b9-8-,22-20-. The zero-order chi connectivity index (χ0) is 25.7. The lowest BCUT2D eigenvalue weighted by Gasteiger charge is -2.28. The maximum atomic E-state index is 16.0. The van der Waals surface area contributed by atoms with E-state index in [1.807, 2.05) is 31.2 Å². The van der Waals surface area contributed by atoms with E-state index in [9.17, 15) is 4.79 Å². The molecule has 1 fully saturated rings. The van der Waals surface area contributed by atoms with Gasteiger partial charge in [-0.1, -0.05) is 38.0 Å². The molecule has 1 saturated heterocycles. The number of nitrogens with zero attached hydrogens (tertiary/aromatic N) is 3. The molecule has 0 bridgehead atoms. The van der Waals surface area contributed by atoms with E-state index >= 15 is 4.39 Å². The molecule has 0 amide bonds. The molecule has 0 unspecified atom stereocenters. The van der Waals surface area contributed by atoms with Gasteiger partial charge in [0.25, 0.3) is 5.56 Å². The smallest absolute Gasteiger partial charge is 0.274 e. The van der Waals surface area contributed by atoms with Gasteiger partial charge in [-0.3, -0.25) is 4.79 Å². The van der Waals surface area contributed by atoms with Crippen LogP contribution >= 0.6 is 0 Å². The topological polar surface area (TPSA) is 59.4 Å². The van der Waals surface area contributed by atoms with Crippen LogP contribution in [0.25, 0.3) is 16.5 Å². The molecule has 7 heteroatoms. The number of fused-ring (bicyclic) bond motifs is 1. The fraction of sp³-hybridized carbons (Fsp3) is 0.379. The molecule has 1 aromatic carbocycles. The van der Waals surface area contributed by atoms with Gasteiger partial charge in [0.1, 0.15) is 17.3 Å². The number of aromatic nitrogens is 2. The first-order valence-electron chi connectivity index (χ1n) is 12.7. The van der Waals surface area contributed by atoms with Gasteiger partial charge in [0.2, 0.25) is 0 Å². The van der Waals surface area contributed by atoms with Crippen molar-refractivity contribution in [2.45, 2.75) is 40.0 Å². The minimum Gasteiger partial charge on any atom is -0.378 e. The molecule has 1 N–H and O–H groups in total. The maximum Gasteiger partial charge on any atom is 0.274 e. The highest BCUT2D eigenvalue weighted by Crippen LogP contribution is 2.31. The van der Waals surface area contributed by atoms with Gasteiger partial charge < -0.3 is 19.5 Å². The number of hydrogen-bond acceptors (Lipinski definition) is 5. The fourth-order valence-corrected chi connectivity index (χ4v) is 4.43. The molecule has 0 radical (unpaired) electrons. The molecule has 0 spiro atoms. The van der Waals surface area contributed by atoms with Crippen LogP contribution < -0.4 is 15.8 Å². The Morgan fingerprint density at radius 2 is 1.97 bits per heavy atom. The number of morpholine rings is 1. The first-order valence-corrected chi connectivity index (χ1v) is 12.7. The second kappa shape index (κ2) is 11.5. The average Bonchev–Trinajstić information content (AvgIpc) is 2.91. The lowest BCUT2D eigenvalue weighted by Crippen LogP contribution is -2.36. The molecule has 190 valence electrons. The van der Waals surface area contributed by atoms with Gasteiger partial charge in [-0.25, -0.2) is 9.37 Å². The third kappa shape index (κ3) is 5.36. The van der Waals surface area contributed by atoms with Crippen molar-refractivity contribution >= 4 is 33.7 Å². The van der Waals surface area contributed by atoms with Crippen LogP contribution in [0.15, 0.2) is 59.0 Å². The molecular formula is C29H35FN4O2. The molecule has 0 aliphatic carbocycles. The van der Waals surface area contributed by atoms with Crippen LogP contribution in [0.4, 0.5) is 21.6 Å². The SMILES string of the molecule is CCC/C=C\C(=C(/C)CC)c1ccc2c(cc(Nc3ccc(N4CCOCC4)cn3)c(=O)n2C)c1F. The Balaban J connectivity index is 1.71. The summed E-state index contributed by atoms with van der Waals surface area (Å²) < 4.78 is 22.9. The van der Waals surface area contributed by atoms with E-state index in [0.29, 0.717) is 35.5 Å². The van der Waals surface area contributed by atoms with Crippen molar-refractivity contribution in [2.24, 2.45) is 7.05 Å². The van der Waals surface area contributed by atoms with Gasteiger partial charge in [-0.2, -0.15) is 0 Å². The Bertz CT molecular complexity index is 1340. The van der Waals surface area contributed by atoms with E-state index in [1.54, 1.807) is 25.4 Å². The summed E-state index contributed by atoms with van der Waals surface area (Å²) in [5, 5.41) is 3.50. The Morgan fingerprint density at radius 3 is 2.64 bits per heavy atom. The highest BCUT2D eigenvalue weighted by atomic mass is 19.1. The molecule has 0 atom stereocenters. The number of halogens is 1. The highest BCUT2D eigenvalue weighted by Gasteiger charge is 2.17. The van der Waals surface area contributed by atoms with Gasteiger partial charge >= 0.3 is 0 Å². The van der Waals surface area contributed by atoms with Crippen LogP contribution in [0.3, 0.4) is 0 Å². The lowest BCUT2D eigenvalue weighted by atomic mass is 9.96. The number of rotatable bonds is 8. The van der Waals surface area contributed by atoms with Gasteiger partial charge in [0.15, 0.2) is 0 Å². The predicted octanol–water partition coefficient (Wildman–Crippen LogP) is 6.19. The summed E-state index contributed by atoms with van der Waals surface area (Å²) in [5.74, 6) is 0.204. The number of nitrogens with one attached hydrogen (secondary N) is 1. The van der Waals surface area contributed by atoms with E-state index < -0.39 is 0 Å². The summed E-state index contributed by atoms with van der Waals surface area (Å²) in [6, 6.07) is 9.01. The van der Waals surface area contributed by atoms with Crippen LogP contribution in [0.1, 0.15) is 45.6 Å². The van der Waals surface area contributed by atoms with Crippen molar-refractivity contribution in [3.05, 3.63) is 76.0 Å². The number of anilines is 3. The van der Waals surface area contributed by atoms with E-state index in [4.69, 9.17) is 4.74 Å². The van der Waals surface area contributed by atoms with Crippen molar-refractivity contribution in [3.63, 3.8) is 0 Å². The predicted molar refractivity (Wildman–Crippen MR) is 147 cm³/mol. The summed E-state index contributed by atoms with van der Waals surface area (Å²) in [6.45, 7) is 9.27. The van der Waals surface area contributed by atoms with Crippen LogP contribution in [-0.2, 0) is 11.8 Å². The van der Waals surface area contributed by atoms with Gasteiger partial charge in [0.05, 0.1) is 30.6 Å². The monoisotopic (exact) mass is 490 g/mol. The van der Waals surface area contributed by atoms with Crippen LogP contribution in [0, 0.1) is 5.82 Å². The number of benzene rings is 1. The normalized spacial score (nSPS) is 15.0. The van der Waals surface area contributed by atoms with Crippen molar-refractivity contribution in [3.8, 4) is 0 Å². The lowest BCUT2D eigenvalue weighted by molar-refractivity contribution is 0.122. The molecule has 1 aliphatic heterocycles. The van der Waals surface area contributed by atoms with Crippen molar-refractivity contribution in [2.75, 3.05) is 36.5 Å². The van der Waals surface area contributed by atoms with Crippen LogP contribution in [0.2, 0.25) is 0 Å². The largest absolute Gasteiger partial charge is 0.378 e. The first-order chi connectivity index (χ1) is 17.4. The van der Waals surface area contributed by atoms with Crippen molar-refractivity contribution < 1.29 is 9.13 Å². The number of aryl methyl sites for hydroxylation is 1. The van der Waals surface area contributed by atoms with Gasteiger partial charge in [-0.05, 0) is 55.7 Å². The average molecular weight is 491 g/mol. The molecule has 3 heterocycles. The van der Waals surface area contributed by atoms with E-state index in [2.05, 4.69) is 35.1 Å². The molecule has 6 nitrogen and oxygen atoms in total. The number of allylic oxidation sites excluding steroid dienone is 4. The Hall–Kier alpha value is -3.45. The first kappa shape index (κ1) is 25.6. The summed E-state index contributed by atoms with van der Waals surface area (Å²) in [6.07, 6.45) is 8.70. The zero-order valence-electron chi connectivity index (χ0n) is 21.6. The molecule has 3 aromatic rings. The molecule has 1 aliphatic rings. The molecule has 36 heavy (non-hydrogen) atoms. The number of unbranched alkanes of at least 4 members (excludes halogenated alkanes) is 1. The zero-order valence-corrected chi connectivity index (χ0v) is 21.6. The number of pyridine rings is 2. The van der Waals surface area contributed by atoms with Crippen LogP contribution in [0.5, 0.6) is 0 Å². The van der Waals surface area contributed by atoms with E-state index in [1.165, 1.54) is 4.57 Å². The van der Waals surface area contributed by atoms with Crippen molar-refractivity contribution in [1.29, 1.82) is 0 Å². The summed E-state index contributed by atoms with van der Waals surface area (Å²) in [5.41, 5.74) is 4.17. The quantitative estimate of drug-likeness (QED) is 0.382. The highest BCUT2D eigenvalue weighted by molar-refractivity contribution is 5.89. The third-order valence-corrected chi connectivity index (χ3v) is 6.75. The van der Waals surface area contributed by atoms with Gasteiger partial charge in [-0.15, -0.1) is 0 Å². The Kier molecular flexibility index (Phi) is 8.21. The molecule has 0 saturated carbocycles. The second-order valence-corrected chi connectivity index (χ2v) is 9.15. The number of hydrogen-bond donors (Lipinski definition) is 1. The fourth-order valence-electron chi connectivity index (χ4n) is 4.43.